The van der Waals surface area contributed by atoms with E-state index in [1.807, 2.05) is 0 Å². The molecule has 1 amide bonds. The molecule has 31 heavy (non-hydrogen) atoms. The van der Waals surface area contributed by atoms with Gasteiger partial charge in [-0.05, 0) is 43.2 Å². The molecule has 0 bridgehead atoms. The van der Waals surface area contributed by atoms with Gasteiger partial charge in [-0.1, -0.05) is 24.6 Å². The first kappa shape index (κ1) is 22.4. The summed E-state index contributed by atoms with van der Waals surface area (Å²) in [7, 11) is -3.65. The van der Waals surface area contributed by atoms with Crippen LogP contribution in [0.5, 0.6) is 5.75 Å². The molecule has 3 rings (SSSR count). The summed E-state index contributed by atoms with van der Waals surface area (Å²) in [5, 5.41) is 12.6. The van der Waals surface area contributed by atoms with Crippen molar-refractivity contribution in [3.8, 4) is 5.75 Å². The van der Waals surface area contributed by atoms with Crippen LogP contribution in [0.15, 0.2) is 58.5 Å². The number of ether oxygens (including phenoxy) is 1. The lowest BCUT2D eigenvalue weighted by molar-refractivity contribution is -0.139. The Morgan fingerprint density at radius 3 is 2.58 bits per heavy atom. The van der Waals surface area contributed by atoms with E-state index in [2.05, 4.69) is 10.5 Å². The van der Waals surface area contributed by atoms with E-state index in [9.17, 15) is 18.0 Å². The minimum absolute atomic E-state index is 0.0680. The number of piperidine rings is 1. The van der Waals surface area contributed by atoms with E-state index < -0.39 is 28.5 Å². The number of carbonyl (C=O) groups excluding carboxylic acids is 1. The first-order valence-corrected chi connectivity index (χ1v) is 11.2. The average molecular weight is 445 g/mol. The molecule has 10 heteroatoms. The Kier molecular flexibility index (Phi) is 7.37. The van der Waals surface area contributed by atoms with Gasteiger partial charge in [0.1, 0.15) is 5.75 Å². The Labute approximate surface area is 180 Å². The van der Waals surface area contributed by atoms with Crippen LogP contribution in [0, 0.1) is 0 Å². The van der Waals surface area contributed by atoms with Crippen LogP contribution in [-0.4, -0.2) is 55.6 Å². The van der Waals surface area contributed by atoms with Crippen molar-refractivity contribution in [3.63, 3.8) is 0 Å². The van der Waals surface area contributed by atoms with Crippen LogP contribution in [0.3, 0.4) is 0 Å². The van der Waals surface area contributed by atoms with Gasteiger partial charge in [0.25, 0.3) is 5.91 Å². The molecule has 0 aliphatic carbocycles. The molecule has 9 nitrogen and oxygen atoms in total. The van der Waals surface area contributed by atoms with Gasteiger partial charge in [0.2, 0.25) is 10.0 Å². The van der Waals surface area contributed by atoms with E-state index in [0.717, 1.165) is 19.3 Å². The summed E-state index contributed by atoms with van der Waals surface area (Å²) in [4.78, 5) is 23.2. The Balaban J connectivity index is 1.69. The highest BCUT2D eigenvalue weighted by Crippen LogP contribution is 2.21. The Bertz CT molecular complexity index is 1080. The molecule has 0 atom stereocenters. The second-order valence-corrected chi connectivity index (χ2v) is 8.85. The molecule has 0 spiro atoms. The number of carboxylic acids is 1. The van der Waals surface area contributed by atoms with Crippen LogP contribution < -0.4 is 10.2 Å². The van der Waals surface area contributed by atoms with E-state index in [4.69, 9.17) is 9.84 Å². The molecule has 1 aliphatic rings. The molecular formula is C21H23N3O6S. The zero-order valence-electron chi connectivity index (χ0n) is 16.7. The molecule has 1 heterocycles. The topological polar surface area (TPSA) is 125 Å². The zero-order valence-corrected chi connectivity index (χ0v) is 17.5. The SMILES string of the molecule is O=C(O)COc1ccccc1/C=N/NC(=O)c1cccc(S(=O)(=O)N2CCCCC2)c1. The summed E-state index contributed by atoms with van der Waals surface area (Å²) in [6.45, 7) is 0.453. The number of hydrogen-bond acceptors (Lipinski definition) is 6. The van der Waals surface area contributed by atoms with Gasteiger partial charge >= 0.3 is 5.97 Å². The molecule has 0 unspecified atom stereocenters. The quantitative estimate of drug-likeness (QED) is 0.473. The predicted octanol–water partition coefficient (Wildman–Crippen LogP) is 2.09. The molecule has 1 saturated heterocycles. The van der Waals surface area contributed by atoms with E-state index >= 15 is 0 Å². The number of sulfonamides is 1. The highest BCUT2D eigenvalue weighted by Gasteiger charge is 2.26. The standard InChI is InChI=1S/C21H23N3O6S/c25-20(26)15-30-19-10-3-2-7-17(19)14-22-23-21(27)16-8-6-9-18(13-16)31(28,29)24-11-4-1-5-12-24/h2-3,6-10,13-14H,1,4-5,11-12,15H2,(H,23,27)(H,25,26)/b22-14+. The first-order valence-electron chi connectivity index (χ1n) is 9.75. The van der Waals surface area contributed by atoms with Crippen LogP contribution in [0.4, 0.5) is 0 Å². The largest absolute Gasteiger partial charge is 0.481 e. The Morgan fingerprint density at radius 2 is 1.84 bits per heavy atom. The number of para-hydroxylation sites is 1. The van der Waals surface area contributed by atoms with Crippen molar-refractivity contribution in [2.45, 2.75) is 24.2 Å². The summed E-state index contributed by atoms with van der Waals surface area (Å²) in [6, 6.07) is 12.5. The number of hydrogen-bond donors (Lipinski definition) is 2. The lowest BCUT2D eigenvalue weighted by Gasteiger charge is -2.25. The molecular weight excluding hydrogens is 422 g/mol. The van der Waals surface area contributed by atoms with Crippen molar-refractivity contribution in [2.24, 2.45) is 5.10 Å². The van der Waals surface area contributed by atoms with Gasteiger partial charge < -0.3 is 9.84 Å². The number of benzene rings is 2. The van der Waals surface area contributed by atoms with E-state index in [1.165, 1.54) is 34.8 Å². The van der Waals surface area contributed by atoms with Crippen LogP contribution in [-0.2, 0) is 14.8 Å². The van der Waals surface area contributed by atoms with Crippen molar-refractivity contribution < 1.29 is 27.9 Å². The second-order valence-electron chi connectivity index (χ2n) is 6.91. The van der Waals surface area contributed by atoms with Crippen molar-refractivity contribution in [2.75, 3.05) is 19.7 Å². The lowest BCUT2D eigenvalue weighted by atomic mass is 10.2. The number of carboxylic acid groups (broad SMARTS) is 1. The highest BCUT2D eigenvalue weighted by atomic mass is 32.2. The van der Waals surface area contributed by atoms with Crippen LogP contribution >= 0.6 is 0 Å². The lowest BCUT2D eigenvalue weighted by Crippen LogP contribution is -2.35. The average Bonchev–Trinajstić information content (AvgIpc) is 2.79. The Morgan fingerprint density at radius 1 is 1.10 bits per heavy atom. The number of nitrogens with zero attached hydrogens (tertiary/aromatic N) is 2. The van der Waals surface area contributed by atoms with Crippen molar-refractivity contribution in [3.05, 3.63) is 59.7 Å². The van der Waals surface area contributed by atoms with E-state index in [-0.39, 0.29) is 10.5 Å². The van der Waals surface area contributed by atoms with Crippen LogP contribution in [0.25, 0.3) is 0 Å². The Hall–Kier alpha value is -3.24. The molecule has 1 fully saturated rings. The first-order chi connectivity index (χ1) is 14.9. The number of carbonyl (C=O) groups is 2. The summed E-state index contributed by atoms with van der Waals surface area (Å²) in [6.07, 6.45) is 3.98. The molecule has 0 saturated carbocycles. The normalized spacial score (nSPS) is 15.0. The fourth-order valence-electron chi connectivity index (χ4n) is 3.14. The minimum Gasteiger partial charge on any atom is -0.481 e. The van der Waals surface area contributed by atoms with Crippen LogP contribution in [0.2, 0.25) is 0 Å². The summed E-state index contributed by atoms with van der Waals surface area (Å²) in [5.41, 5.74) is 2.98. The van der Waals surface area contributed by atoms with Gasteiger partial charge in [-0.15, -0.1) is 0 Å². The van der Waals surface area contributed by atoms with E-state index in [0.29, 0.717) is 24.4 Å². The van der Waals surface area contributed by atoms with Crippen molar-refractivity contribution in [1.82, 2.24) is 9.73 Å². The fraction of sp³-hybridized carbons (Fsp3) is 0.286. The molecule has 0 aromatic heterocycles. The molecule has 2 aromatic carbocycles. The summed E-state index contributed by atoms with van der Waals surface area (Å²) in [5.74, 6) is -1.38. The van der Waals surface area contributed by atoms with E-state index in [1.54, 1.807) is 24.3 Å². The predicted molar refractivity (Wildman–Crippen MR) is 114 cm³/mol. The number of aliphatic carboxylic acids is 1. The second kappa shape index (κ2) is 10.2. The van der Waals surface area contributed by atoms with Crippen molar-refractivity contribution >= 4 is 28.1 Å². The van der Waals surface area contributed by atoms with Gasteiger partial charge in [0.15, 0.2) is 6.61 Å². The number of amides is 1. The fourth-order valence-corrected chi connectivity index (χ4v) is 4.70. The third kappa shape index (κ3) is 5.89. The molecule has 0 radical (unpaired) electrons. The number of nitrogens with one attached hydrogen (secondary N) is 1. The van der Waals surface area contributed by atoms with Crippen LogP contribution in [0.1, 0.15) is 35.2 Å². The molecule has 2 aromatic rings. The zero-order chi connectivity index (χ0) is 22.3. The smallest absolute Gasteiger partial charge is 0.341 e. The third-order valence-corrected chi connectivity index (χ3v) is 6.58. The molecule has 164 valence electrons. The van der Waals surface area contributed by atoms with Gasteiger partial charge in [0.05, 0.1) is 11.1 Å². The maximum Gasteiger partial charge on any atom is 0.341 e. The van der Waals surface area contributed by atoms with Crippen molar-refractivity contribution in [1.29, 1.82) is 0 Å². The highest BCUT2D eigenvalue weighted by molar-refractivity contribution is 7.89. The summed E-state index contributed by atoms with van der Waals surface area (Å²) < 4.78 is 32.3. The van der Waals surface area contributed by atoms with Gasteiger partial charge in [-0.25, -0.2) is 18.6 Å². The monoisotopic (exact) mass is 445 g/mol. The number of rotatable bonds is 8. The van der Waals surface area contributed by atoms with Gasteiger partial charge in [0, 0.05) is 24.2 Å². The van der Waals surface area contributed by atoms with Gasteiger partial charge in [-0.3, -0.25) is 4.79 Å². The number of hydrazone groups is 1. The third-order valence-electron chi connectivity index (χ3n) is 4.69. The maximum atomic E-state index is 12.8. The molecule has 1 aliphatic heterocycles. The summed E-state index contributed by atoms with van der Waals surface area (Å²) >= 11 is 0. The van der Waals surface area contributed by atoms with Gasteiger partial charge in [-0.2, -0.15) is 9.41 Å². The minimum atomic E-state index is -3.65. The maximum absolute atomic E-state index is 12.8. The molecule has 2 N–H and O–H groups in total.